The highest BCUT2D eigenvalue weighted by atomic mass is 32.1. The molecule has 1 fully saturated rings. The molecule has 0 spiro atoms. The molecule has 0 bridgehead atoms. The van der Waals surface area contributed by atoms with Crippen LogP contribution in [0.5, 0.6) is 0 Å². The highest BCUT2D eigenvalue weighted by Crippen LogP contribution is 2.40. The van der Waals surface area contributed by atoms with E-state index in [2.05, 4.69) is 47.2 Å². The van der Waals surface area contributed by atoms with Gasteiger partial charge < -0.3 is 20.7 Å². The van der Waals surface area contributed by atoms with E-state index in [1.165, 1.54) is 10.9 Å². The van der Waals surface area contributed by atoms with Crippen molar-refractivity contribution in [1.82, 2.24) is 19.5 Å². The Morgan fingerprint density at radius 3 is 2.75 bits per heavy atom. The molecule has 1 aliphatic rings. The summed E-state index contributed by atoms with van der Waals surface area (Å²) in [6.07, 6.45) is 3.56. The van der Waals surface area contributed by atoms with Crippen molar-refractivity contribution < 1.29 is 14.9 Å². The lowest BCUT2D eigenvalue weighted by Gasteiger charge is -2.19. The number of rotatable bonds is 4. The van der Waals surface area contributed by atoms with E-state index in [1.807, 2.05) is 0 Å². The van der Waals surface area contributed by atoms with Gasteiger partial charge >= 0.3 is 0 Å². The van der Waals surface area contributed by atoms with E-state index in [0.717, 1.165) is 6.16 Å². The van der Waals surface area contributed by atoms with Gasteiger partial charge in [0, 0.05) is 0 Å². The molecule has 3 heterocycles. The third-order valence-electron chi connectivity index (χ3n) is 4.10. The molecule has 0 aromatic carbocycles. The summed E-state index contributed by atoms with van der Waals surface area (Å²) >= 11 is 4.33. The smallest absolute Gasteiger partial charge is 0.169 e. The van der Waals surface area contributed by atoms with Gasteiger partial charge in [0.2, 0.25) is 0 Å². The maximum absolute atomic E-state index is 10.4. The third-order valence-corrected chi connectivity index (χ3v) is 5.88. The third kappa shape index (κ3) is 3.19. The number of nitrogen functional groups attached to an aromatic ring is 1. The summed E-state index contributed by atoms with van der Waals surface area (Å²) in [4.78, 5) is 12.3. The van der Waals surface area contributed by atoms with Crippen LogP contribution in [0.25, 0.3) is 11.2 Å². The minimum atomic E-state index is -1.24. The number of hydrogen-bond acceptors (Lipinski definition) is 8. The molecule has 4 atom stereocenters. The molecule has 2 aromatic heterocycles. The van der Waals surface area contributed by atoms with E-state index in [4.69, 9.17) is 10.5 Å². The SMILES string of the molecule is C=P(C)(C)CC[C@H]1O[C@@H](n2c(S)nc3c(N)ncnc32)[C@H](O)[C@@H]1O. The number of anilines is 1. The van der Waals surface area contributed by atoms with Crippen LogP contribution in [0.1, 0.15) is 12.6 Å². The lowest BCUT2D eigenvalue weighted by Crippen LogP contribution is -2.32. The number of aromatic nitrogens is 4. The first-order valence-corrected chi connectivity index (χ1v) is 11.1. The van der Waals surface area contributed by atoms with Gasteiger partial charge in [0.05, 0.1) is 6.10 Å². The summed E-state index contributed by atoms with van der Waals surface area (Å²) in [5.41, 5.74) is 6.61. The molecule has 3 rings (SSSR count). The number of ether oxygens (including phenoxy) is 1. The van der Waals surface area contributed by atoms with Gasteiger partial charge in [0.25, 0.3) is 0 Å². The normalized spacial score (nSPS) is 27.9. The van der Waals surface area contributed by atoms with Crippen LogP contribution >= 0.6 is 19.5 Å². The van der Waals surface area contributed by atoms with E-state index in [0.29, 0.717) is 22.7 Å². The molecule has 0 amide bonds. The first-order valence-electron chi connectivity index (χ1n) is 7.55. The van der Waals surface area contributed by atoms with Crippen molar-refractivity contribution in [1.29, 1.82) is 0 Å². The molecule has 4 N–H and O–H groups in total. The largest absolute Gasteiger partial charge is 0.388 e. The Kier molecular flexibility index (Phi) is 4.65. The van der Waals surface area contributed by atoms with Crippen molar-refractivity contribution >= 4 is 42.8 Å². The van der Waals surface area contributed by atoms with Gasteiger partial charge in [0.15, 0.2) is 28.4 Å². The molecule has 0 saturated carbocycles. The van der Waals surface area contributed by atoms with Crippen molar-refractivity contribution in [3.63, 3.8) is 0 Å². The van der Waals surface area contributed by atoms with Crippen molar-refractivity contribution in [3.05, 3.63) is 6.33 Å². The zero-order valence-corrected chi connectivity index (χ0v) is 15.4. The Bertz CT molecular complexity index is 807. The molecule has 1 saturated heterocycles. The Hall–Kier alpha value is -1.12. The quantitative estimate of drug-likeness (QED) is 0.454. The van der Waals surface area contributed by atoms with Crippen molar-refractivity contribution in [2.45, 2.75) is 36.1 Å². The number of thiol groups is 1. The molecule has 132 valence electrons. The average Bonchev–Trinajstić information content (AvgIpc) is 2.96. The monoisotopic (exact) mass is 371 g/mol. The molecule has 0 radical (unpaired) electrons. The van der Waals surface area contributed by atoms with E-state index < -0.39 is 31.4 Å². The summed E-state index contributed by atoms with van der Waals surface area (Å²) < 4.78 is 7.45. The number of fused-ring (bicyclic) bond motifs is 1. The molecule has 0 unspecified atom stereocenters. The molecule has 8 nitrogen and oxygen atoms in total. The molecular weight excluding hydrogens is 349 g/mol. The van der Waals surface area contributed by atoms with E-state index in [9.17, 15) is 10.2 Å². The van der Waals surface area contributed by atoms with Gasteiger partial charge in [-0.05, 0) is 25.9 Å². The Balaban J connectivity index is 1.92. The van der Waals surface area contributed by atoms with Crippen LogP contribution in [-0.4, -0.2) is 73.8 Å². The zero-order valence-electron chi connectivity index (χ0n) is 13.6. The van der Waals surface area contributed by atoms with E-state index >= 15 is 0 Å². The number of aliphatic hydroxyl groups excluding tert-OH is 2. The fourth-order valence-electron chi connectivity index (χ4n) is 2.81. The molecule has 0 aliphatic carbocycles. The maximum Gasteiger partial charge on any atom is 0.169 e. The van der Waals surface area contributed by atoms with Gasteiger partial charge in [-0.3, -0.25) is 4.57 Å². The van der Waals surface area contributed by atoms with Gasteiger partial charge in [-0.25, -0.2) is 15.0 Å². The second-order valence-corrected chi connectivity index (χ2v) is 11.4. The standard InChI is InChI=1S/C14H22N5O3PS/c1-23(2,3)5-4-7-9(20)10(21)13(22-7)19-12-8(18-14(19)24)11(15)16-6-17-12/h6-7,9-10,13,20-21H,1,4-5H2,2-3H3,(H,18,24)(H2,15,16,17)/t7-,9-,10-,13-/m1/s1. The number of hydrogen-bond donors (Lipinski definition) is 4. The fraction of sp³-hybridized carbons (Fsp3) is 0.571. The fourth-order valence-corrected chi connectivity index (χ4v) is 4.07. The second-order valence-electron chi connectivity index (χ2n) is 6.71. The second kappa shape index (κ2) is 6.31. The number of aliphatic hydroxyl groups is 2. The Labute approximate surface area is 145 Å². The van der Waals surface area contributed by atoms with Gasteiger partial charge in [-0.2, -0.15) is 0 Å². The van der Waals surface area contributed by atoms with Crippen molar-refractivity contribution in [2.75, 3.05) is 25.2 Å². The minimum absolute atomic E-state index is 0.224. The van der Waals surface area contributed by atoms with Crippen LogP contribution < -0.4 is 5.73 Å². The molecule has 24 heavy (non-hydrogen) atoms. The summed E-state index contributed by atoms with van der Waals surface area (Å²) in [6.45, 7) is 3.00. The van der Waals surface area contributed by atoms with Crippen LogP contribution in [0, 0.1) is 0 Å². The summed E-state index contributed by atoms with van der Waals surface area (Å²) in [7, 11) is 0. The maximum atomic E-state index is 10.4. The molecule has 10 heteroatoms. The summed E-state index contributed by atoms with van der Waals surface area (Å²) in [5, 5.41) is 21.1. The number of nitrogens with zero attached hydrogens (tertiary/aromatic N) is 4. The zero-order chi connectivity index (χ0) is 17.6. The summed E-state index contributed by atoms with van der Waals surface area (Å²) in [5.74, 6) is 0.224. The van der Waals surface area contributed by atoms with Gasteiger partial charge in [-0.15, -0.1) is 25.8 Å². The average molecular weight is 371 g/mol. The van der Waals surface area contributed by atoms with Crippen molar-refractivity contribution in [2.24, 2.45) is 0 Å². The van der Waals surface area contributed by atoms with Gasteiger partial charge in [0.1, 0.15) is 18.5 Å². The number of imidazole rings is 1. The number of nitrogens with two attached hydrogens (primary N) is 1. The van der Waals surface area contributed by atoms with E-state index in [-0.39, 0.29) is 5.82 Å². The van der Waals surface area contributed by atoms with Crippen molar-refractivity contribution in [3.8, 4) is 0 Å². The van der Waals surface area contributed by atoms with Crippen LogP contribution in [0.2, 0.25) is 0 Å². The predicted molar refractivity (Wildman–Crippen MR) is 98.3 cm³/mol. The topological polar surface area (TPSA) is 119 Å². The molecule has 2 aromatic rings. The Morgan fingerprint density at radius 2 is 2.08 bits per heavy atom. The minimum Gasteiger partial charge on any atom is -0.388 e. The Morgan fingerprint density at radius 1 is 1.38 bits per heavy atom. The first-order chi connectivity index (χ1) is 11.2. The lowest BCUT2D eigenvalue weighted by molar-refractivity contribution is -0.0399. The first kappa shape index (κ1) is 17.7. The van der Waals surface area contributed by atoms with Crippen LogP contribution in [0.4, 0.5) is 5.82 Å². The summed E-state index contributed by atoms with van der Waals surface area (Å²) in [6, 6.07) is 0. The highest BCUT2D eigenvalue weighted by Gasteiger charge is 2.44. The lowest BCUT2D eigenvalue weighted by atomic mass is 10.1. The molecule has 1 aliphatic heterocycles. The predicted octanol–water partition coefficient (Wildman–Crippen LogP) is 0.416. The van der Waals surface area contributed by atoms with Crippen LogP contribution in [-0.2, 0) is 4.74 Å². The van der Waals surface area contributed by atoms with Crippen LogP contribution in [0.15, 0.2) is 11.5 Å². The van der Waals surface area contributed by atoms with Gasteiger partial charge in [-0.1, -0.05) is 0 Å². The highest BCUT2D eigenvalue weighted by molar-refractivity contribution is 7.80. The van der Waals surface area contributed by atoms with E-state index in [1.54, 1.807) is 0 Å². The molecular formula is C14H22N5O3PS. The van der Waals surface area contributed by atoms with Crippen LogP contribution in [0.3, 0.4) is 0 Å².